The largest absolute Gasteiger partial charge is 0.494 e. The van der Waals surface area contributed by atoms with E-state index >= 15 is 0 Å². The molecule has 1 aromatic rings. The fraction of sp³-hybridized carbons (Fsp3) is 0.529. The van der Waals surface area contributed by atoms with Crippen LogP contribution in [0.15, 0.2) is 29.4 Å². The van der Waals surface area contributed by atoms with Crippen LogP contribution in [0.1, 0.15) is 39.5 Å². The lowest BCUT2D eigenvalue weighted by Crippen LogP contribution is -2.27. The second-order valence-electron chi connectivity index (χ2n) is 5.73. The van der Waals surface area contributed by atoms with E-state index in [1.807, 2.05) is 31.2 Å². The van der Waals surface area contributed by atoms with Crippen molar-refractivity contribution in [3.05, 3.63) is 24.3 Å². The monoisotopic (exact) mass is 303 g/mol. The number of anilines is 1. The fourth-order valence-electron chi connectivity index (χ4n) is 2.56. The average Bonchev–Trinajstić information content (AvgIpc) is 2.53. The predicted molar refractivity (Wildman–Crippen MR) is 89.3 cm³/mol. The molecule has 1 saturated carbocycles. The molecule has 5 heteroatoms. The number of benzene rings is 1. The summed E-state index contributed by atoms with van der Waals surface area (Å²) in [5.41, 5.74) is 4.63. The van der Waals surface area contributed by atoms with Gasteiger partial charge in [0.15, 0.2) is 0 Å². The zero-order valence-corrected chi connectivity index (χ0v) is 13.4. The van der Waals surface area contributed by atoms with Crippen molar-refractivity contribution in [3.63, 3.8) is 0 Å². The molecule has 1 aromatic carbocycles. The molecule has 0 unspecified atom stereocenters. The molecule has 1 amide bonds. The summed E-state index contributed by atoms with van der Waals surface area (Å²) in [4.78, 5) is 11.8. The van der Waals surface area contributed by atoms with E-state index in [1.165, 1.54) is 12.8 Å². The van der Waals surface area contributed by atoms with Gasteiger partial charge in [-0.3, -0.25) is 4.79 Å². The zero-order chi connectivity index (χ0) is 15.8. The molecule has 0 heterocycles. The second kappa shape index (κ2) is 8.41. The molecule has 5 nitrogen and oxygen atoms in total. The molecule has 0 aromatic heterocycles. The number of nitrogens with one attached hydrogen (secondary N) is 2. The number of ether oxygens (including phenoxy) is 1. The Hall–Kier alpha value is -2.04. The average molecular weight is 303 g/mol. The van der Waals surface area contributed by atoms with Crippen LogP contribution in [-0.4, -0.2) is 24.8 Å². The lowest BCUT2D eigenvalue weighted by atomic mass is 9.89. The summed E-state index contributed by atoms with van der Waals surface area (Å²) in [6, 6.07) is 7.56. The number of hydrogen-bond acceptors (Lipinski definition) is 4. The Morgan fingerprint density at radius 2 is 2.14 bits per heavy atom. The summed E-state index contributed by atoms with van der Waals surface area (Å²) in [6.45, 7) is 5.03. The highest BCUT2D eigenvalue weighted by atomic mass is 16.5. The van der Waals surface area contributed by atoms with Gasteiger partial charge in [0, 0.05) is 11.4 Å². The van der Waals surface area contributed by atoms with Gasteiger partial charge < -0.3 is 10.1 Å². The van der Waals surface area contributed by atoms with Crippen LogP contribution in [0.2, 0.25) is 0 Å². The van der Waals surface area contributed by atoms with Crippen molar-refractivity contribution in [1.82, 2.24) is 5.43 Å². The number of hydrazone groups is 1. The third-order valence-electron chi connectivity index (χ3n) is 3.70. The molecular weight excluding hydrogens is 278 g/mol. The molecule has 1 aliphatic rings. The second-order valence-corrected chi connectivity index (χ2v) is 5.73. The molecule has 2 N–H and O–H groups in total. The van der Waals surface area contributed by atoms with E-state index in [-0.39, 0.29) is 12.5 Å². The van der Waals surface area contributed by atoms with E-state index in [2.05, 4.69) is 22.8 Å². The van der Waals surface area contributed by atoms with Crippen LogP contribution in [0.5, 0.6) is 5.75 Å². The Morgan fingerprint density at radius 3 is 2.82 bits per heavy atom. The van der Waals surface area contributed by atoms with Crippen molar-refractivity contribution >= 4 is 17.3 Å². The van der Waals surface area contributed by atoms with E-state index in [9.17, 15) is 4.79 Å². The summed E-state index contributed by atoms with van der Waals surface area (Å²) in [5, 5.41) is 7.31. The molecule has 1 fully saturated rings. The molecule has 2 rings (SSSR count). The Kier molecular flexibility index (Phi) is 6.25. The van der Waals surface area contributed by atoms with Gasteiger partial charge in [-0.2, -0.15) is 5.10 Å². The van der Waals surface area contributed by atoms with E-state index < -0.39 is 0 Å². The number of nitrogens with zero attached hydrogens (tertiary/aromatic N) is 1. The van der Waals surface area contributed by atoms with Crippen LogP contribution in [0.25, 0.3) is 0 Å². The van der Waals surface area contributed by atoms with E-state index in [0.717, 1.165) is 30.0 Å². The normalized spacial score (nSPS) is 19.7. The van der Waals surface area contributed by atoms with Crippen molar-refractivity contribution in [1.29, 1.82) is 0 Å². The molecule has 1 aliphatic carbocycles. The molecule has 0 aliphatic heterocycles. The van der Waals surface area contributed by atoms with Crippen LogP contribution in [-0.2, 0) is 4.79 Å². The third kappa shape index (κ3) is 5.39. The summed E-state index contributed by atoms with van der Waals surface area (Å²) in [6.07, 6.45) is 4.41. The van der Waals surface area contributed by atoms with E-state index in [1.54, 1.807) is 0 Å². The standard InChI is InChI=1S/C17H25N3O2/c1-3-22-16-9-7-14(8-10-16)18-12-17(21)20-19-15-6-4-5-13(2)11-15/h7-10,13,18H,3-6,11-12H2,1-2H3,(H,20,21)/t13-/m1/s1. The minimum absolute atomic E-state index is 0.125. The number of rotatable bonds is 6. The van der Waals surface area contributed by atoms with E-state index in [4.69, 9.17) is 4.74 Å². The molecule has 0 radical (unpaired) electrons. The van der Waals surface area contributed by atoms with Gasteiger partial charge in [0.1, 0.15) is 5.75 Å². The molecule has 22 heavy (non-hydrogen) atoms. The van der Waals surface area contributed by atoms with Crippen LogP contribution in [0, 0.1) is 5.92 Å². The highest BCUT2D eigenvalue weighted by molar-refractivity contribution is 5.87. The predicted octanol–water partition coefficient (Wildman–Crippen LogP) is 3.18. The maximum absolute atomic E-state index is 11.8. The van der Waals surface area contributed by atoms with Crippen molar-refractivity contribution in [2.75, 3.05) is 18.5 Å². The number of carbonyl (C=O) groups excluding carboxylic acids is 1. The lowest BCUT2D eigenvalue weighted by Gasteiger charge is -2.18. The highest BCUT2D eigenvalue weighted by Crippen LogP contribution is 2.20. The highest BCUT2D eigenvalue weighted by Gasteiger charge is 2.14. The molecule has 0 spiro atoms. The lowest BCUT2D eigenvalue weighted by molar-refractivity contribution is -0.119. The molecule has 0 bridgehead atoms. The summed E-state index contributed by atoms with van der Waals surface area (Å²) in [7, 11) is 0. The number of amides is 1. The molecule has 0 saturated heterocycles. The third-order valence-corrected chi connectivity index (χ3v) is 3.70. The Bertz CT molecular complexity index is 511. The van der Waals surface area contributed by atoms with Crippen molar-refractivity contribution < 1.29 is 9.53 Å². The van der Waals surface area contributed by atoms with Gasteiger partial charge >= 0.3 is 0 Å². The Labute approximate surface area is 132 Å². The van der Waals surface area contributed by atoms with Crippen molar-refractivity contribution in [3.8, 4) is 5.75 Å². The van der Waals surface area contributed by atoms with E-state index in [0.29, 0.717) is 12.5 Å². The van der Waals surface area contributed by atoms with Crippen molar-refractivity contribution in [2.45, 2.75) is 39.5 Å². The van der Waals surface area contributed by atoms with Gasteiger partial charge in [-0.15, -0.1) is 0 Å². The SMILES string of the molecule is CCOc1ccc(NCC(=O)NN=C2CCC[C@@H](C)C2)cc1. The smallest absolute Gasteiger partial charge is 0.259 e. The van der Waals surface area contributed by atoms with Crippen LogP contribution in [0.3, 0.4) is 0 Å². The maximum atomic E-state index is 11.8. The first kappa shape index (κ1) is 16.3. The van der Waals surface area contributed by atoms with Gasteiger partial charge in [0.05, 0.1) is 13.2 Å². The van der Waals surface area contributed by atoms with Crippen LogP contribution < -0.4 is 15.5 Å². The first-order valence-corrected chi connectivity index (χ1v) is 7.98. The van der Waals surface area contributed by atoms with Gasteiger partial charge in [0.25, 0.3) is 5.91 Å². The minimum atomic E-state index is -0.125. The quantitative estimate of drug-likeness (QED) is 0.793. The Balaban J connectivity index is 1.74. The molecule has 120 valence electrons. The van der Waals surface area contributed by atoms with Crippen molar-refractivity contribution in [2.24, 2.45) is 11.0 Å². The van der Waals surface area contributed by atoms with Crippen LogP contribution in [0.4, 0.5) is 5.69 Å². The summed E-state index contributed by atoms with van der Waals surface area (Å²) in [5.74, 6) is 1.38. The minimum Gasteiger partial charge on any atom is -0.494 e. The number of carbonyl (C=O) groups is 1. The zero-order valence-electron chi connectivity index (χ0n) is 13.4. The first-order valence-electron chi connectivity index (χ1n) is 7.98. The first-order chi connectivity index (χ1) is 10.7. The number of hydrogen-bond donors (Lipinski definition) is 2. The van der Waals surface area contributed by atoms with Gasteiger partial charge in [-0.05, 0) is 62.8 Å². The maximum Gasteiger partial charge on any atom is 0.259 e. The van der Waals surface area contributed by atoms with Gasteiger partial charge in [-0.25, -0.2) is 5.43 Å². The molecule has 1 atom stereocenters. The van der Waals surface area contributed by atoms with Crippen LogP contribution >= 0.6 is 0 Å². The summed E-state index contributed by atoms with van der Waals surface area (Å²) < 4.78 is 5.38. The summed E-state index contributed by atoms with van der Waals surface area (Å²) >= 11 is 0. The Morgan fingerprint density at radius 1 is 1.36 bits per heavy atom. The topological polar surface area (TPSA) is 62.7 Å². The molecular formula is C17H25N3O2. The fourth-order valence-corrected chi connectivity index (χ4v) is 2.56. The van der Waals surface area contributed by atoms with Gasteiger partial charge in [-0.1, -0.05) is 6.92 Å². The van der Waals surface area contributed by atoms with Gasteiger partial charge in [0.2, 0.25) is 0 Å².